The van der Waals surface area contributed by atoms with Crippen LogP contribution in [0.1, 0.15) is 0 Å². The molecule has 0 aliphatic carbocycles. The topological polar surface area (TPSA) is 100 Å². The molecule has 0 spiro atoms. The summed E-state index contributed by atoms with van der Waals surface area (Å²) >= 11 is 0. The molecule has 0 aliphatic rings. The zero-order chi connectivity index (χ0) is 13.6. The van der Waals surface area contributed by atoms with Gasteiger partial charge in [0, 0.05) is 19.2 Å². The Morgan fingerprint density at radius 1 is 1.39 bits per heavy atom. The van der Waals surface area contributed by atoms with Crippen molar-refractivity contribution in [3.05, 3.63) is 24.3 Å². The van der Waals surface area contributed by atoms with E-state index in [-0.39, 0.29) is 18.8 Å². The van der Waals surface area contributed by atoms with E-state index in [9.17, 15) is 17.6 Å². The molecule has 9 heteroatoms. The van der Waals surface area contributed by atoms with Gasteiger partial charge in [-0.25, -0.2) is 22.3 Å². The van der Waals surface area contributed by atoms with Gasteiger partial charge < -0.3 is 10.6 Å². The normalized spacial score (nSPS) is 11.0. The molecule has 1 aromatic heterocycles. The van der Waals surface area contributed by atoms with Gasteiger partial charge in [0.15, 0.2) is 0 Å². The highest BCUT2D eigenvalue weighted by Crippen LogP contribution is 2.05. The number of nitrogens with one attached hydrogen (secondary N) is 3. The van der Waals surface area contributed by atoms with E-state index in [2.05, 4.69) is 20.3 Å². The van der Waals surface area contributed by atoms with Crippen LogP contribution in [0.3, 0.4) is 0 Å². The minimum atomic E-state index is -3.27. The average Bonchev–Trinajstić information content (AvgIpc) is 2.23. The van der Waals surface area contributed by atoms with E-state index in [4.69, 9.17) is 0 Å². The molecule has 100 valence electrons. The number of urea groups is 1. The Kier molecular flexibility index (Phi) is 4.98. The van der Waals surface area contributed by atoms with E-state index in [1.165, 1.54) is 6.20 Å². The van der Waals surface area contributed by atoms with Crippen molar-refractivity contribution >= 4 is 21.7 Å². The molecule has 0 saturated carbocycles. The lowest BCUT2D eigenvalue weighted by Gasteiger charge is -2.07. The summed E-state index contributed by atoms with van der Waals surface area (Å²) in [6.45, 7) is 0.190. The maximum atomic E-state index is 12.7. The zero-order valence-corrected chi connectivity index (χ0v) is 10.4. The first-order chi connectivity index (χ1) is 8.37. The largest absolute Gasteiger partial charge is 0.337 e. The lowest BCUT2D eigenvalue weighted by molar-refractivity contribution is 0.252. The SMILES string of the molecule is CS(=O)(=O)NCCNC(=O)Nc1cncc(F)c1. The summed E-state index contributed by atoms with van der Waals surface area (Å²) in [5, 5.41) is 4.75. The second-order valence-electron chi connectivity index (χ2n) is 3.44. The highest BCUT2D eigenvalue weighted by atomic mass is 32.2. The quantitative estimate of drug-likeness (QED) is 0.653. The standard InChI is InChI=1S/C9H13FN4O3S/c1-18(16,17)13-3-2-12-9(15)14-8-4-7(10)5-11-6-8/h4-6,13H,2-3H2,1H3,(H2,12,14,15). The van der Waals surface area contributed by atoms with Crippen molar-refractivity contribution in [2.75, 3.05) is 24.7 Å². The Labute approximate surface area is 104 Å². The summed E-state index contributed by atoms with van der Waals surface area (Å²) in [6.07, 6.45) is 3.32. The fourth-order valence-electron chi connectivity index (χ4n) is 1.07. The summed E-state index contributed by atoms with van der Waals surface area (Å²) < 4.78 is 36.4. The maximum absolute atomic E-state index is 12.7. The molecule has 0 bridgehead atoms. The number of hydrogen-bond acceptors (Lipinski definition) is 4. The lowest BCUT2D eigenvalue weighted by Crippen LogP contribution is -2.36. The molecule has 0 unspecified atom stereocenters. The first kappa shape index (κ1) is 14.3. The van der Waals surface area contributed by atoms with Crippen molar-refractivity contribution in [3.63, 3.8) is 0 Å². The van der Waals surface area contributed by atoms with E-state index < -0.39 is 21.9 Å². The predicted molar refractivity (Wildman–Crippen MR) is 64.1 cm³/mol. The number of sulfonamides is 1. The van der Waals surface area contributed by atoms with Crippen LogP contribution in [0.2, 0.25) is 0 Å². The summed E-state index contributed by atoms with van der Waals surface area (Å²) in [5.74, 6) is -0.563. The van der Waals surface area contributed by atoms with Crippen molar-refractivity contribution in [1.82, 2.24) is 15.0 Å². The van der Waals surface area contributed by atoms with E-state index in [0.717, 1.165) is 18.5 Å². The molecule has 1 aromatic rings. The van der Waals surface area contributed by atoms with Crippen LogP contribution >= 0.6 is 0 Å². The number of aromatic nitrogens is 1. The Balaban J connectivity index is 2.30. The third kappa shape index (κ3) is 6.11. The van der Waals surface area contributed by atoms with E-state index >= 15 is 0 Å². The van der Waals surface area contributed by atoms with Crippen molar-refractivity contribution in [2.45, 2.75) is 0 Å². The van der Waals surface area contributed by atoms with Crippen LogP contribution in [0.25, 0.3) is 0 Å². The zero-order valence-electron chi connectivity index (χ0n) is 9.60. The number of hydrogen-bond donors (Lipinski definition) is 3. The van der Waals surface area contributed by atoms with Gasteiger partial charge >= 0.3 is 6.03 Å². The number of nitrogens with zero attached hydrogens (tertiary/aromatic N) is 1. The number of pyridine rings is 1. The molecule has 0 saturated heterocycles. The van der Waals surface area contributed by atoms with Gasteiger partial charge in [0.25, 0.3) is 0 Å². The summed E-state index contributed by atoms with van der Waals surface area (Å²) in [4.78, 5) is 14.9. The van der Waals surface area contributed by atoms with Crippen LogP contribution in [-0.2, 0) is 10.0 Å². The van der Waals surface area contributed by atoms with Gasteiger partial charge in [-0.1, -0.05) is 0 Å². The van der Waals surface area contributed by atoms with E-state index in [1.807, 2.05) is 0 Å². The van der Waals surface area contributed by atoms with Gasteiger partial charge in [-0.15, -0.1) is 0 Å². The van der Waals surface area contributed by atoms with Gasteiger partial charge in [-0.3, -0.25) is 4.98 Å². The molecule has 1 rings (SSSR count). The van der Waals surface area contributed by atoms with E-state index in [1.54, 1.807) is 0 Å². The van der Waals surface area contributed by atoms with E-state index in [0.29, 0.717) is 0 Å². The molecule has 1 heterocycles. The fourth-order valence-corrected chi connectivity index (χ4v) is 1.54. The third-order valence-electron chi connectivity index (χ3n) is 1.74. The molecular formula is C9H13FN4O3S. The average molecular weight is 276 g/mol. The molecule has 7 nitrogen and oxygen atoms in total. The number of carbonyl (C=O) groups is 1. The second kappa shape index (κ2) is 6.26. The van der Waals surface area contributed by atoms with Gasteiger partial charge in [0.05, 0.1) is 24.3 Å². The number of rotatable bonds is 5. The molecule has 18 heavy (non-hydrogen) atoms. The highest BCUT2D eigenvalue weighted by molar-refractivity contribution is 7.88. The van der Waals surface area contributed by atoms with Crippen molar-refractivity contribution in [2.24, 2.45) is 0 Å². The Morgan fingerprint density at radius 2 is 2.11 bits per heavy atom. The van der Waals surface area contributed by atoms with Crippen molar-refractivity contribution in [1.29, 1.82) is 0 Å². The summed E-state index contributed by atoms with van der Waals surface area (Å²) in [6, 6.07) is 0.541. The van der Waals surface area contributed by atoms with Crippen LogP contribution in [0.5, 0.6) is 0 Å². The van der Waals surface area contributed by atoms with Crippen molar-refractivity contribution < 1.29 is 17.6 Å². The van der Waals surface area contributed by atoms with Gasteiger partial charge in [-0.2, -0.15) is 0 Å². The molecule has 2 amide bonds. The fraction of sp³-hybridized carbons (Fsp3) is 0.333. The van der Waals surface area contributed by atoms with Gasteiger partial charge in [-0.05, 0) is 0 Å². The Morgan fingerprint density at radius 3 is 2.72 bits per heavy atom. The van der Waals surface area contributed by atoms with Crippen LogP contribution < -0.4 is 15.4 Å². The summed E-state index contributed by atoms with van der Waals surface area (Å²) in [7, 11) is -3.27. The minimum absolute atomic E-state index is 0.0770. The first-order valence-corrected chi connectivity index (χ1v) is 6.86. The monoisotopic (exact) mass is 276 g/mol. The number of anilines is 1. The van der Waals surface area contributed by atoms with Crippen LogP contribution in [0, 0.1) is 5.82 Å². The highest BCUT2D eigenvalue weighted by Gasteiger charge is 2.03. The van der Waals surface area contributed by atoms with Crippen molar-refractivity contribution in [3.8, 4) is 0 Å². The first-order valence-electron chi connectivity index (χ1n) is 4.97. The van der Waals surface area contributed by atoms with Gasteiger partial charge in [0.1, 0.15) is 5.82 Å². The van der Waals surface area contributed by atoms with Gasteiger partial charge in [0.2, 0.25) is 10.0 Å². The summed E-state index contributed by atoms with van der Waals surface area (Å²) in [5.41, 5.74) is 0.212. The van der Waals surface area contributed by atoms with Crippen LogP contribution in [0.4, 0.5) is 14.9 Å². The molecule has 0 atom stereocenters. The third-order valence-corrected chi connectivity index (χ3v) is 2.47. The Hall–Kier alpha value is -1.74. The lowest BCUT2D eigenvalue weighted by atomic mass is 10.4. The molecular weight excluding hydrogens is 263 g/mol. The molecule has 3 N–H and O–H groups in total. The molecule has 0 radical (unpaired) electrons. The number of halogens is 1. The van der Waals surface area contributed by atoms with Crippen LogP contribution in [-0.4, -0.2) is 38.8 Å². The molecule has 0 aromatic carbocycles. The number of carbonyl (C=O) groups excluding carboxylic acids is 1. The molecule has 0 fully saturated rings. The molecule has 0 aliphatic heterocycles. The Bertz CT molecular complexity index is 520. The smallest absolute Gasteiger partial charge is 0.319 e. The number of amides is 2. The second-order valence-corrected chi connectivity index (χ2v) is 5.27. The predicted octanol–water partition coefficient (Wildman–Crippen LogP) is -0.109. The minimum Gasteiger partial charge on any atom is -0.337 e. The maximum Gasteiger partial charge on any atom is 0.319 e. The van der Waals surface area contributed by atoms with Crippen LogP contribution in [0.15, 0.2) is 18.5 Å².